The summed E-state index contributed by atoms with van der Waals surface area (Å²) in [6.07, 6.45) is 16.0. The zero-order valence-corrected chi connectivity index (χ0v) is 17.1. The van der Waals surface area contributed by atoms with E-state index in [9.17, 15) is 0 Å². The van der Waals surface area contributed by atoms with Gasteiger partial charge in [-0.3, -0.25) is 14.3 Å². The number of nitrogens with zero attached hydrogens (tertiary/aromatic N) is 7. The number of rotatable bonds is 6. The van der Waals surface area contributed by atoms with Crippen molar-refractivity contribution >= 4 is 0 Å². The molecule has 0 fully saturated rings. The van der Waals surface area contributed by atoms with Gasteiger partial charge in [-0.25, -0.2) is 9.97 Å². The third-order valence-corrected chi connectivity index (χ3v) is 5.16. The van der Waals surface area contributed by atoms with Crippen LogP contribution in [0.2, 0.25) is 0 Å². The molecule has 31 heavy (non-hydrogen) atoms. The Kier molecular flexibility index (Phi) is 5.06. The van der Waals surface area contributed by atoms with Crippen LogP contribution in [0.5, 0.6) is 0 Å². The van der Waals surface area contributed by atoms with Crippen molar-refractivity contribution in [2.45, 2.75) is 13.0 Å². The van der Waals surface area contributed by atoms with Crippen LogP contribution in [0.3, 0.4) is 0 Å². The molecular formula is C24H21N7. The van der Waals surface area contributed by atoms with Crippen LogP contribution in [0.4, 0.5) is 0 Å². The second-order valence-electron chi connectivity index (χ2n) is 7.38. The fourth-order valence-corrected chi connectivity index (χ4v) is 3.46. The number of benzene rings is 1. The molecule has 0 spiro atoms. The lowest BCUT2D eigenvalue weighted by molar-refractivity contribution is 0.615. The van der Waals surface area contributed by atoms with Gasteiger partial charge in [0.2, 0.25) is 0 Å². The van der Waals surface area contributed by atoms with Gasteiger partial charge in [0, 0.05) is 73.0 Å². The Morgan fingerprint density at radius 3 is 2.26 bits per heavy atom. The Hall–Kier alpha value is -4.13. The summed E-state index contributed by atoms with van der Waals surface area (Å²) in [4.78, 5) is 13.2. The molecule has 5 aromatic rings. The molecule has 0 aliphatic carbocycles. The predicted octanol–water partition coefficient (Wildman–Crippen LogP) is 4.05. The molecule has 7 nitrogen and oxygen atoms in total. The van der Waals surface area contributed by atoms with E-state index in [0.29, 0.717) is 5.82 Å². The Morgan fingerprint density at radius 2 is 1.48 bits per heavy atom. The molecule has 0 radical (unpaired) electrons. The van der Waals surface area contributed by atoms with Crippen molar-refractivity contribution in [3.05, 3.63) is 91.5 Å². The third kappa shape index (κ3) is 4.25. The lowest BCUT2D eigenvalue weighted by Crippen LogP contribution is -2.01. The highest BCUT2D eigenvalue weighted by molar-refractivity contribution is 5.70. The molecule has 0 N–H and O–H groups in total. The molecule has 1 aromatic carbocycles. The lowest BCUT2D eigenvalue weighted by Gasteiger charge is -2.04. The monoisotopic (exact) mass is 407 g/mol. The van der Waals surface area contributed by atoms with Crippen molar-refractivity contribution in [3.8, 4) is 33.6 Å². The van der Waals surface area contributed by atoms with Crippen molar-refractivity contribution in [3.63, 3.8) is 0 Å². The zero-order chi connectivity index (χ0) is 21.0. The Balaban J connectivity index is 1.31. The molecule has 0 bridgehead atoms. The first-order valence-corrected chi connectivity index (χ1v) is 10.1. The summed E-state index contributed by atoms with van der Waals surface area (Å²) < 4.78 is 3.74. The predicted molar refractivity (Wildman–Crippen MR) is 119 cm³/mol. The molecule has 5 rings (SSSR count). The van der Waals surface area contributed by atoms with Gasteiger partial charge in [-0.05, 0) is 35.7 Å². The van der Waals surface area contributed by atoms with E-state index in [1.54, 1.807) is 4.68 Å². The zero-order valence-electron chi connectivity index (χ0n) is 17.1. The van der Waals surface area contributed by atoms with Crippen molar-refractivity contribution in [1.82, 2.24) is 34.5 Å². The van der Waals surface area contributed by atoms with E-state index < -0.39 is 0 Å². The molecule has 4 aromatic heterocycles. The van der Waals surface area contributed by atoms with Gasteiger partial charge < -0.3 is 0 Å². The summed E-state index contributed by atoms with van der Waals surface area (Å²) in [7, 11) is 1.91. The second kappa shape index (κ2) is 8.31. The largest absolute Gasteiger partial charge is 0.275 e. The Morgan fingerprint density at radius 1 is 0.742 bits per heavy atom. The molecule has 0 atom stereocenters. The molecule has 7 heteroatoms. The van der Waals surface area contributed by atoms with E-state index in [1.807, 2.05) is 85.6 Å². The van der Waals surface area contributed by atoms with Crippen molar-refractivity contribution in [2.75, 3.05) is 0 Å². The van der Waals surface area contributed by atoms with Crippen molar-refractivity contribution in [2.24, 2.45) is 7.05 Å². The first kappa shape index (κ1) is 18.9. The minimum atomic E-state index is 0.694. The number of aryl methyl sites for hydroxylation is 3. The summed E-state index contributed by atoms with van der Waals surface area (Å²) >= 11 is 0. The average molecular weight is 407 g/mol. The van der Waals surface area contributed by atoms with Gasteiger partial charge in [-0.15, -0.1) is 0 Å². The first-order chi connectivity index (χ1) is 15.2. The van der Waals surface area contributed by atoms with Gasteiger partial charge in [0.1, 0.15) is 0 Å². The number of pyridine rings is 1. The Labute approximate surface area is 180 Å². The summed E-state index contributed by atoms with van der Waals surface area (Å²) in [5, 5.41) is 8.72. The standard InChI is InChI=1S/C24H21N7/c1-30-16-22(14-28-30)19-3-2-4-20(11-19)24-26-12-21(13-27-24)23-15-29-31(17-23)10-7-18-5-8-25-9-6-18/h2-6,8-9,11-17H,7,10H2,1H3. The topological polar surface area (TPSA) is 74.3 Å². The Bertz CT molecular complexity index is 1290. The molecule has 0 saturated carbocycles. The van der Waals surface area contributed by atoms with E-state index in [-0.39, 0.29) is 0 Å². The van der Waals surface area contributed by atoms with Gasteiger partial charge in [-0.1, -0.05) is 18.2 Å². The molecule has 0 aliphatic heterocycles. The van der Waals surface area contributed by atoms with Crippen LogP contribution < -0.4 is 0 Å². The highest BCUT2D eigenvalue weighted by Gasteiger charge is 2.08. The average Bonchev–Trinajstić information content (AvgIpc) is 3.48. The maximum absolute atomic E-state index is 4.59. The van der Waals surface area contributed by atoms with Gasteiger partial charge in [0.15, 0.2) is 5.82 Å². The van der Waals surface area contributed by atoms with Gasteiger partial charge in [0.05, 0.1) is 12.4 Å². The smallest absolute Gasteiger partial charge is 0.159 e. The minimum absolute atomic E-state index is 0.694. The molecular weight excluding hydrogens is 386 g/mol. The normalized spacial score (nSPS) is 11.0. The molecule has 0 amide bonds. The van der Waals surface area contributed by atoms with Crippen LogP contribution >= 0.6 is 0 Å². The second-order valence-corrected chi connectivity index (χ2v) is 7.38. The van der Waals surface area contributed by atoms with Crippen LogP contribution in [0.15, 0.2) is 86.0 Å². The summed E-state index contributed by atoms with van der Waals surface area (Å²) in [5.74, 6) is 0.694. The highest BCUT2D eigenvalue weighted by atomic mass is 15.3. The molecule has 0 saturated heterocycles. The van der Waals surface area contributed by atoms with Gasteiger partial charge in [0.25, 0.3) is 0 Å². The molecule has 4 heterocycles. The van der Waals surface area contributed by atoms with E-state index in [4.69, 9.17) is 0 Å². The van der Waals surface area contributed by atoms with E-state index >= 15 is 0 Å². The maximum atomic E-state index is 4.59. The molecule has 0 unspecified atom stereocenters. The van der Waals surface area contributed by atoms with Crippen molar-refractivity contribution in [1.29, 1.82) is 0 Å². The van der Waals surface area contributed by atoms with Crippen LogP contribution in [-0.4, -0.2) is 34.5 Å². The van der Waals surface area contributed by atoms with Crippen LogP contribution in [0.1, 0.15) is 5.56 Å². The fourth-order valence-electron chi connectivity index (χ4n) is 3.46. The lowest BCUT2D eigenvalue weighted by atomic mass is 10.1. The highest BCUT2D eigenvalue weighted by Crippen LogP contribution is 2.25. The number of hydrogen-bond donors (Lipinski definition) is 0. The molecule has 152 valence electrons. The van der Waals surface area contributed by atoms with E-state index in [2.05, 4.69) is 37.3 Å². The van der Waals surface area contributed by atoms with E-state index in [1.165, 1.54) is 5.56 Å². The summed E-state index contributed by atoms with van der Waals surface area (Å²) in [6, 6.07) is 12.2. The maximum Gasteiger partial charge on any atom is 0.159 e. The van der Waals surface area contributed by atoms with Crippen molar-refractivity contribution < 1.29 is 0 Å². The first-order valence-electron chi connectivity index (χ1n) is 10.1. The number of aromatic nitrogens is 7. The SMILES string of the molecule is Cn1cc(-c2cccc(-c3ncc(-c4cnn(CCc5ccncc5)c4)cn3)c2)cn1. The molecule has 0 aliphatic rings. The van der Waals surface area contributed by atoms with Crippen LogP contribution in [0.25, 0.3) is 33.6 Å². The van der Waals surface area contributed by atoms with Gasteiger partial charge in [-0.2, -0.15) is 10.2 Å². The fraction of sp³-hybridized carbons (Fsp3) is 0.125. The van der Waals surface area contributed by atoms with E-state index in [0.717, 1.165) is 40.8 Å². The summed E-state index contributed by atoms with van der Waals surface area (Å²) in [6.45, 7) is 0.810. The third-order valence-electron chi connectivity index (χ3n) is 5.16. The quantitative estimate of drug-likeness (QED) is 0.425. The van der Waals surface area contributed by atoms with Crippen LogP contribution in [0, 0.1) is 0 Å². The number of hydrogen-bond acceptors (Lipinski definition) is 5. The minimum Gasteiger partial charge on any atom is -0.275 e. The van der Waals surface area contributed by atoms with Crippen LogP contribution in [-0.2, 0) is 20.0 Å². The van der Waals surface area contributed by atoms with Gasteiger partial charge >= 0.3 is 0 Å². The summed E-state index contributed by atoms with van der Waals surface area (Å²) in [5.41, 5.74) is 6.33.